The number of anilines is 1. The quantitative estimate of drug-likeness (QED) is 0.926. The van der Waals surface area contributed by atoms with Crippen molar-refractivity contribution in [2.24, 2.45) is 0 Å². The predicted molar refractivity (Wildman–Crippen MR) is 78.2 cm³/mol. The molecule has 0 saturated heterocycles. The normalized spacial score (nSPS) is 14.5. The van der Waals surface area contributed by atoms with Crippen LogP contribution in [0.5, 0.6) is 0 Å². The van der Waals surface area contributed by atoms with E-state index < -0.39 is 0 Å². The first kappa shape index (κ1) is 12.6. The highest BCUT2D eigenvalue weighted by Crippen LogP contribution is 2.30. The fourth-order valence-electron chi connectivity index (χ4n) is 2.65. The van der Waals surface area contributed by atoms with Gasteiger partial charge in [0.15, 0.2) is 0 Å². The minimum Gasteiger partial charge on any atom is -0.367 e. The van der Waals surface area contributed by atoms with Crippen molar-refractivity contribution in [3.05, 3.63) is 51.5 Å². The van der Waals surface area contributed by atoms with E-state index in [0.717, 1.165) is 30.8 Å². The molecule has 0 unspecified atom stereocenters. The number of hydrogen-bond donors (Lipinski definition) is 1. The summed E-state index contributed by atoms with van der Waals surface area (Å²) in [6.07, 6.45) is 1.09. The molecule has 1 N–H and O–H groups in total. The third-order valence-corrected chi connectivity index (χ3v) is 4.58. The Morgan fingerprint density at radius 2 is 2.26 bits per heavy atom. The summed E-state index contributed by atoms with van der Waals surface area (Å²) in [5.41, 5.74) is 3.59. The first-order chi connectivity index (χ1) is 9.28. The first-order valence-corrected chi connectivity index (χ1v) is 7.39. The molecule has 100 valence electrons. The van der Waals surface area contributed by atoms with Crippen molar-refractivity contribution < 1.29 is 4.39 Å². The summed E-state index contributed by atoms with van der Waals surface area (Å²) in [6.45, 7) is 2.64. The lowest BCUT2D eigenvalue weighted by molar-refractivity contribution is 0.622. The van der Waals surface area contributed by atoms with E-state index in [1.54, 1.807) is 12.1 Å². The second-order valence-corrected chi connectivity index (χ2v) is 5.84. The molecular weight excluding hydrogens is 259 g/mol. The largest absolute Gasteiger partial charge is 0.367 e. The highest BCUT2D eigenvalue weighted by molar-refractivity contribution is 7.10. The molecule has 0 fully saturated rings. The molecule has 3 rings (SSSR count). The van der Waals surface area contributed by atoms with Crippen LogP contribution in [0.1, 0.15) is 16.0 Å². The highest BCUT2D eigenvalue weighted by Gasteiger charge is 2.19. The van der Waals surface area contributed by atoms with Crippen LogP contribution in [0.15, 0.2) is 29.6 Å². The number of nitrogens with zero attached hydrogens (tertiary/aromatic N) is 1. The highest BCUT2D eigenvalue weighted by atomic mass is 32.1. The summed E-state index contributed by atoms with van der Waals surface area (Å²) in [7, 11) is 1.89. The van der Waals surface area contributed by atoms with Crippen molar-refractivity contribution in [1.82, 2.24) is 5.32 Å². The predicted octanol–water partition coefficient (Wildman–Crippen LogP) is 3.17. The molecule has 0 radical (unpaired) electrons. The van der Waals surface area contributed by atoms with Gasteiger partial charge in [0.25, 0.3) is 0 Å². The van der Waals surface area contributed by atoms with Crippen molar-refractivity contribution in [3.63, 3.8) is 0 Å². The number of rotatable bonds is 3. The maximum atomic E-state index is 13.4. The Morgan fingerprint density at radius 3 is 3.11 bits per heavy atom. The third-order valence-electron chi connectivity index (χ3n) is 3.56. The fraction of sp³-hybridized carbons (Fsp3) is 0.333. The molecule has 1 aliphatic rings. The molecule has 19 heavy (non-hydrogen) atoms. The maximum Gasteiger partial charge on any atom is 0.123 e. The zero-order chi connectivity index (χ0) is 13.2. The van der Waals surface area contributed by atoms with E-state index in [1.165, 1.54) is 10.4 Å². The SMILES string of the molecule is CNCc1cc(F)ccc1N1CCc2sccc2C1. The third kappa shape index (κ3) is 2.51. The van der Waals surface area contributed by atoms with E-state index in [-0.39, 0.29) is 5.82 Å². The van der Waals surface area contributed by atoms with Gasteiger partial charge in [0.1, 0.15) is 5.82 Å². The Bertz CT molecular complexity index is 579. The zero-order valence-corrected chi connectivity index (χ0v) is 11.8. The molecule has 1 aromatic heterocycles. The van der Waals surface area contributed by atoms with Crippen LogP contribution >= 0.6 is 11.3 Å². The molecule has 2 aromatic rings. The van der Waals surface area contributed by atoms with Gasteiger partial charge in [-0.25, -0.2) is 4.39 Å². The lowest BCUT2D eigenvalue weighted by Gasteiger charge is -2.30. The van der Waals surface area contributed by atoms with Gasteiger partial charge in [-0.15, -0.1) is 11.3 Å². The van der Waals surface area contributed by atoms with Gasteiger partial charge in [0.05, 0.1) is 0 Å². The van der Waals surface area contributed by atoms with Gasteiger partial charge >= 0.3 is 0 Å². The molecule has 4 heteroatoms. The van der Waals surface area contributed by atoms with E-state index >= 15 is 0 Å². The second kappa shape index (κ2) is 5.31. The Hall–Kier alpha value is -1.39. The minimum absolute atomic E-state index is 0.165. The minimum atomic E-state index is -0.165. The standard InChI is InChI=1S/C15H17FN2S/c1-17-9-12-8-13(16)2-3-14(12)18-6-4-15-11(10-18)5-7-19-15/h2-3,5,7-8,17H,4,6,9-10H2,1H3. The number of hydrogen-bond acceptors (Lipinski definition) is 3. The van der Waals surface area contributed by atoms with Crippen molar-refractivity contribution >= 4 is 17.0 Å². The average molecular weight is 276 g/mol. The molecule has 0 spiro atoms. The molecule has 0 saturated carbocycles. The lowest BCUT2D eigenvalue weighted by Crippen LogP contribution is -2.30. The van der Waals surface area contributed by atoms with E-state index in [2.05, 4.69) is 21.7 Å². The molecule has 2 nitrogen and oxygen atoms in total. The Kier molecular flexibility index (Phi) is 3.53. The van der Waals surface area contributed by atoms with Gasteiger partial charge in [-0.3, -0.25) is 0 Å². The molecule has 0 amide bonds. The second-order valence-electron chi connectivity index (χ2n) is 4.84. The van der Waals surface area contributed by atoms with Crippen LogP contribution in [0.4, 0.5) is 10.1 Å². The van der Waals surface area contributed by atoms with Crippen LogP contribution in [-0.4, -0.2) is 13.6 Å². The summed E-state index contributed by atoms with van der Waals surface area (Å²) in [4.78, 5) is 3.84. The molecule has 0 atom stereocenters. The fourth-order valence-corrected chi connectivity index (χ4v) is 3.54. The zero-order valence-electron chi connectivity index (χ0n) is 10.9. The smallest absolute Gasteiger partial charge is 0.123 e. The number of fused-ring (bicyclic) bond motifs is 1. The van der Waals surface area contributed by atoms with Crippen LogP contribution in [0.25, 0.3) is 0 Å². The van der Waals surface area contributed by atoms with Crippen LogP contribution in [0.2, 0.25) is 0 Å². The van der Waals surface area contributed by atoms with Crippen LogP contribution < -0.4 is 10.2 Å². The molecule has 1 aromatic carbocycles. The topological polar surface area (TPSA) is 15.3 Å². The first-order valence-electron chi connectivity index (χ1n) is 6.51. The molecule has 1 aliphatic heterocycles. The number of halogens is 1. The maximum absolute atomic E-state index is 13.4. The Morgan fingerprint density at radius 1 is 1.37 bits per heavy atom. The molecular formula is C15H17FN2S. The summed E-state index contributed by atoms with van der Waals surface area (Å²) in [5.74, 6) is -0.165. The summed E-state index contributed by atoms with van der Waals surface area (Å²) < 4.78 is 13.4. The average Bonchev–Trinajstić information content (AvgIpc) is 2.86. The van der Waals surface area contributed by atoms with Crippen LogP contribution in [0, 0.1) is 5.82 Å². The van der Waals surface area contributed by atoms with Gasteiger partial charge in [0.2, 0.25) is 0 Å². The monoisotopic (exact) mass is 276 g/mol. The van der Waals surface area contributed by atoms with Gasteiger partial charge in [-0.05, 0) is 54.2 Å². The van der Waals surface area contributed by atoms with E-state index in [0.29, 0.717) is 6.54 Å². The summed E-state index contributed by atoms with van der Waals surface area (Å²) >= 11 is 1.84. The molecule has 0 bridgehead atoms. The lowest BCUT2D eigenvalue weighted by atomic mass is 10.1. The molecule has 0 aliphatic carbocycles. The van der Waals surface area contributed by atoms with E-state index in [1.807, 2.05) is 24.5 Å². The van der Waals surface area contributed by atoms with Crippen molar-refractivity contribution in [3.8, 4) is 0 Å². The van der Waals surface area contributed by atoms with Crippen molar-refractivity contribution in [2.75, 3.05) is 18.5 Å². The van der Waals surface area contributed by atoms with E-state index in [4.69, 9.17) is 0 Å². The van der Waals surface area contributed by atoms with Crippen molar-refractivity contribution in [1.29, 1.82) is 0 Å². The van der Waals surface area contributed by atoms with Crippen molar-refractivity contribution in [2.45, 2.75) is 19.5 Å². The Balaban J connectivity index is 1.90. The number of thiophene rings is 1. The molecule has 2 heterocycles. The summed E-state index contributed by atoms with van der Waals surface area (Å²) in [5, 5.41) is 5.27. The summed E-state index contributed by atoms with van der Waals surface area (Å²) in [6, 6.07) is 7.29. The van der Waals surface area contributed by atoms with Gasteiger partial charge in [-0.1, -0.05) is 0 Å². The van der Waals surface area contributed by atoms with Gasteiger partial charge in [-0.2, -0.15) is 0 Å². The number of benzene rings is 1. The van der Waals surface area contributed by atoms with Gasteiger partial charge < -0.3 is 10.2 Å². The number of nitrogens with one attached hydrogen (secondary N) is 1. The van der Waals surface area contributed by atoms with Gasteiger partial charge in [0, 0.05) is 30.2 Å². The van der Waals surface area contributed by atoms with Crippen LogP contribution in [-0.2, 0) is 19.5 Å². The van der Waals surface area contributed by atoms with E-state index in [9.17, 15) is 4.39 Å². The Labute approximate surface area is 116 Å². The van der Waals surface area contributed by atoms with Crippen LogP contribution in [0.3, 0.4) is 0 Å².